The van der Waals surface area contributed by atoms with E-state index < -0.39 is 15.8 Å². The zero-order valence-electron chi connectivity index (χ0n) is 12.3. The molecular weight excluding hydrogens is 340 g/mol. The first-order valence-electron chi connectivity index (χ1n) is 6.67. The molecule has 8 heteroatoms. The number of benzene rings is 2. The van der Waals surface area contributed by atoms with Crippen molar-refractivity contribution < 1.29 is 12.8 Å². The van der Waals surface area contributed by atoms with Crippen LogP contribution in [0.5, 0.6) is 0 Å². The van der Waals surface area contributed by atoms with Gasteiger partial charge in [0.05, 0.1) is 21.1 Å². The fourth-order valence-corrected chi connectivity index (χ4v) is 3.85. The Labute approximate surface area is 137 Å². The maximum absolute atomic E-state index is 12.6. The molecule has 0 fully saturated rings. The van der Waals surface area contributed by atoms with Gasteiger partial charge >= 0.3 is 5.76 Å². The quantitative estimate of drug-likeness (QED) is 0.785. The minimum absolute atomic E-state index is 0.0568. The summed E-state index contributed by atoms with van der Waals surface area (Å²) >= 11 is 5.99. The molecule has 0 amide bonds. The Morgan fingerprint density at radius 3 is 2.61 bits per heavy atom. The van der Waals surface area contributed by atoms with Crippen LogP contribution in [0.3, 0.4) is 0 Å². The van der Waals surface area contributed by atoms with Gasteiger partial charge in [-0.1, -0.05) is 23.7 Å². The average molecular weight is 353 g/mol. The van der Waals surface area contributed by atoms with Crippen molar-refractivity contribution in [2.45, 2.75) is 11.8 Å². The molecule has 0 unspecified atom stereocenters. The minimum atomic E-state index is -3.86. The lowest BCUT2D eigenvalue weighted by atomic mass is 10.2. The third-order valence-electron chi connectivity index (χ3n) is 3.50. The Balaban J connectivity index is 2.15. The van der Waals surface area contributed by atoms with Crippen molar-refractivity contribution in [1.29, 1.82) is 0 Å². The molecule has 0 aliphatic carbocycles. The Kier molecular flexibility index (Phi) is 3.69. The second-order valence-electron chi connectivity index (χ2n) is 5.10. The first kappa shape index (κ1) is 15.6. The van der Waals surface area contributed by atoms with E-state index >= 15 is 0 Å². The van der Waals surface area contributed by atoms with Crippen LogP contribution < -0.4 is 10.5 Å². The number of hydrogen-bond acceptors (Lipinski definition) is 4. The molecule has 120 valence electrons. The zero-order valence-corrected chi connectivity index (χ0v) is 13.9. The molecule has 23 heavy (non-hydrogen) atoms. The molecular formula is C15H13ClN2O4S. The topological polar surface area (TPSA) is 81.3 Å². The molecule has 2 aromatic carbocycles. The van der Waals surface area contributed by atoms with Crippen molar-refractivity contribution in [3.05, 3.63) is 57.5 Å². The van der Waals surface area contributed by atoms with Gasteiger partial charge in [0, 0.05) is 7.05 Å². The van der Waals surface area contributed by atoms with Gasteiger partial charge in [0.1, 0.15) is 0 Å². The summed E-state index contributed by atoms with van der Waals surface area (Å²) < 4.78 is 34.1. The normalized spacial score (nSPS) is 11.8. The standard InChI is InChI=1S/C15H13ClN2O4S/c1-9-7-13-12(18(2)15(19)22-13)8-14(9)23(20,21)17-11-6-4-3-5-10(11)16/h3-8,17H,1-2H3. The number of hydrogen-bond donors (Lipinski definition) is 1. The summed E-state index contributed by atoms with van der Waals surface area (Å²) in [7, 11) is -2.34. The summed E-state index contributed by atoms with van der Waals surface area (Å²) in [5.41, 5.74) is 1.49. The second kappa shape index (κ2) is 5.43. The Morgan fingerprint density at radius 1 is 1.22 bits per heavy atom. The molecule has 0 atom stereocenters. The number of anilines is 1. The van der Waals surface area contributed by atoms with E-state index in [0.717, 1.165) is 0 Å². The van der Waals surface area contributed by atoms with Crippen molar-refractivity contribution in [2.24, 2.45) is 7.05 Å². The first-order valence-corrected chi connectivity index (χ1v) is 8.53. The van der Waals surface area contributed by atoms with Crippen molar-refractivity contribution in [1.82, 2.24) is 4.57 Å². The van der Waals surface area contributed by atoms with E-state index in [1.165, 1.54) is 23.7 Å². The van der Waals surface area contributed by atoms with Crippen LogP contribution in [-0.4, -0.2) is 13.0 Å². The summed E-state index contributed by atoms with van der Waals surface area (Å²) in [6.45, 7) is 1.63. The van der Waals surface area contributed by atoms with Crippen LogP contribution in [0, 0.1) is 6.92 Å². The number of aryl methyl sites for hydroxylation is 2. The number of rotatable bonds is 3. The van der Waals surface area contributed by atoms with Crippen LogP contribution in [-0.2, 0) is 17.1 Å². The van der Waals surface area contributed by atoms with E-state index in [1.807, 2.05) is 0 Å². The number of fused-ring (bicyclic) bond motifs is 1. The predicted octanol–water partition coefficient (Wildman–Crippen LogP) is 2.89. The number of halogens is 1. The van der Waals surface area contributed by atoms with Crippen molar-refractivity contribution in [3.63, 3.8) is 0 Å². The van der Waals surface area contributed by atoms with Crippen LogP contribution in [0.4, 0.5) is 5.69 Å². The van der Waals surface area contributed by atoms with Gasteiger partial charge < -0.3 is 4.42 Å². The molecule has 0 bridgehead atoms. The van der Waals surface area contributed by atoms with Crippen LogP contribution in [0.2, 0.25) is 5.02 Å². The Hall–Kier alpha value is -2.25. The van der Waals surface area contributed by atoms with E-state index in [9.17, 15) is 13.2 Å². The Bertz CT molecular complexity index is 1070. The summed E-state index contributed by atoms with van der Waals surface area (Å²) in [6.07, 6.45) is 0. The SMILES string of the molecule is Cc1cc2oc(=O)n(C)c2cc1S(=O)(=O)Nc1ccccc1Cl. The molecule has 0 radical (unpaired) electrons. The number of nitrogens with zero attached hydrogens (tertiary/aromatic N) is 1. The maximum atomic E-state index is 12.6. The predicted molar refractivity (Wildman–Crippen MR) is 88.5 cm³/mol. The van der Waals surface area contributed by atoms with Gasteiger partial charge in [-0.25, -0.2) is 13.2 Å². The van der Waals surface area contributed by atoms with E-state index in [0.29, 0.717) is 21.7 Å². The fourth-order valence-electron chi connectivity index (χ4n) is 2.29. The Morgan fingerprint density at radius 2 is 1.91 bits per heavy atom. The lowest BCUT2D eigenvalue weighted by Gasteiger charge is -2.11. The molecule has 6 nitrogen and oxygen atoms in total. The van der Waals surface area contributed by atoms with E-state index in [-0.39, 0.29) is 10.6 Å². The monoisotopic (exact) mass is 352 g/mol. The number of sulfonamides is 1. The first-order chi connectivity index (χ1) is 10.8. The smallest absolute Gasteiger partial charge is 0.408 e. The molecule has 0 saturated carbocycles. The molecule has 3 aromatic rings. The van der Waals surface area contributed by atoms with E-state index in [2.05, 4.69) is 4.72 Å². The highest BCUT2D eigenvalue weighted by molar-refractivity contribution is 7.92. The third kappa shape index (κ3) is 2.73. The number of nitrogens with one attached hydrogen (secondary N) is 1. The summed E-state index contributed by atoms with van der Waals surface area (Å²) in [5.74, 6) is -0.548. The van der Waals surface area contributed by atoms with Gasteiger partial charge in [-0.2, -0.15) is 0 Å². The highest BCUT2D eigenvalue weighted by Gasteiger charge is 2.21. The maximum Gasteiger partial charge on any atom is 0.419 e. The molecule has 3 rings (SSSR count). The number of para-hydroxylation sites is 1. The lowest BCUT2D eigenvalue weighted by Crippen LogP contribution is -2.15. The second-order valence-corrected chi connectivity index (χ2v) is 7.16. The van der Waals surface area contributed by atoms with E-state index in [1.54, 1.807) is 31.2 Å². The average Bonchev–Trinajstić information content (AvgIpc) is 2.75. The molecule has 1 heterocycles. The lowest BCUT2D eigenvalue weighted by molar-refractivity contribution is 0.528. The van der Waals surface area contributed by atoms with Crippen molar-refractivity contribution in [3.8, 4) is 0 Å². The van der Waals surface area contributed by atoms with Gasteiger partial charge in [-0.3, -0.25) is 9.29 Å². The van der Waals surface area contributed by atoms with Crippen molar-refractivity contribution in [2.75, 3.05) is 4.72 Å². The molecule has 1 N–H and O–H groups in total. The molecule has 0 aliphatic rings. The summed E-state index contributed by atoms with van der Waals surface area (Å²) in [6, 6.07) is 9.49. The largest absolute Gasteiger partial charge is 0.419 e. The third-order valence-corrected chi connectivity index (χ3v) is 5.33. The van der Waals surface area contributed by atoms with Gasteiger partial charge in [0.2, 0.25) is 0 Å². The van der Waals surface area contributed by atoms with Crippen LogP contribution >= 0.6 is 11.6 Å². The van der Waals surface area contributed by atoms with Crippen LogP contribution in [0.1, 0.15) is 5.56 Å². The van der Waals surface area contributed by atoms with Gasteiger partial charge in [-0.05, 0) is 36.8 Å². The van der Waals surface area contributed by atoms with Crippen LogP contribution in [0.25, 0.3) is 11.1 Å². The fraction of sp³-hybridized carbons (Fsp3) is 0.133. The summed E-state index contributed by atoms with van der Waals surface area (Å²) in [5, 5.41) is 0.297. The molecule has 1 aromatic heterocycles. The highest BCUT2D eigenvalue weighted by atomic mass is 35.5. The summed E-state index contributed by atoms with van der Waals surface area (Å²) in [4.78, 5) is 11.6. The van der Waals surface area contributed by atoms with Crippen LogP contribution in [0.15, 0.2) is 50.5 Å². The van der Waals surface area contributed by atoms with Crippen molar-refractivity contribution >= 4 is 38.4 Å². The zero-order chi connectivity index (χ0) is 16.8. The van der Waals surface area contributed by atoms with Gasteiger partial charge in [0.25, 0.3) is 10.0 Å². The van der Waals surface area contributed by atoms with Gasteiger partial charge in [0.15, 0.2) is 5.58 Å². The number of aromatic nitrogens is 1. The number of oxazole rings is 1. The molecule has 0 saturated heterocycles. The molecule has 0 spiro atoms. The van der Waals surface area contributed by atoms with Gasteiger partial charge in [-0.15, -0.1) is 0 Å². The minimum Gasteiger partial charge on any atom is -0.408 e. The molecule has 0 aliphatic heterocycles. The highest BCUT2D eigenvalue weighted by Crippen LogP contribution is 2.27. The van der Waals surface area contributed by atoms with E-state index in [4.69, 9.17) is 16.0 Å².